The zero-order chi connectivity index (χ0) is 14.6. The van der Waals surface area contributed by atoms with Crippen molar-refractivity contribution in [3.63, 3.8) is 0 Å². The molecule has 1 amide bonds. The van der Waals surface area contributed by atoms with Crippen LogP contribution in [-0.2, 0) is 4.79 Å². The highest BCUT2D eigenvalue weighted by atomic mass is 32.1. The van der Waals surface area contributed by atoms with Gasteiger partial charge in [-0.25, -0.2) is 0 Å². The van der Waals surface area contributed by atoms with E-state index in [-0.39, 0.29) is 30.6 Å². The number of ketones is 1. The van der Waals surface area contributed by atoms with Crippen molar-refractivity contribution in [3.8, 4) is 0 Å². The number of rotatable bonds is 6. The standard InChI is InChI=1S/C14H22N2O2S/c1-9(8-15)16(4)14(18)6-5-13(17)12-7-10(2)19-11(12)3/h7,9H,5-6,8,15H2,1-4H3. The topological polar surface area (TPSA) is 63.4 Å². The van der Waals surface area contributed by atoms with Crippen molar-refractivity contribution in [2.75, 3.05) is 13.6 Å². The van der Waals surface area contributed by atoms with Crippen LogP contribution in [0.25, 0.3) is 0 Å². The Kier molecular flexibility index (Phi) is 5.69. The molecule has 0 spiro atoms. The molecule has 19 heavy (non-hydrogen) atoms. The lowest BCUT2D eigenvalue weighted by molar-refractivity contribution is -0.131. The molecule has 1 heterocycles. The minimum atomic E-state index is -0.0316. The van der Waals surface area contributed by atoms with Gasteiger partial charge in [0.2, 0.25) is 5.91 Å². The first-order valence-electron chi connectivity index (χ1n) is 6.42. The van der Waals surface area contributed by atoms with Gasteiger partial charge in [-0.15, -0.1) is 11.3 Å². The van der Waals surface area contributed by atoms with E-state index in [0.29, 0.717) is 6.54 Å². The van der Waals surface area contributed by atoms with Gasteiger partial charge in [0.25, 0.3) is 0 Å². The fourth-order valence-corrected chi connectivity index (χ4v) is 2.79. The Morgan fingerprint density at radius 1 is 1.37 bits per heavy atom. The second kappa shape index (κ2) is 6.82. The van der Waals surface area contributed by atoms with Gasteiger partial charge in [0, 0.05) is 47.8 Å². The molecule has 4 nitrogen and oxygen atoms in total. The van der Waals surface area contributed by atoms with Gasteiger partial charge in [-0.2, -0.15) is 0 Å². The van der Waals surface area contributed by atoms with Gasteiger partial charge in [0.1, 0.15) is 0 Å². The number of aryl methyl sites for hydroxylation is 2. The Morgan fingerprint density at radius 3 is 2.47 bits per heavy atom. The highest BCUT2D eigenvalue weighted by Gasteiger charge is 2.17. The van der Waals surface area contributed by atoms with Crippen LogP contribution in [0.2, 0.25) is 0 Å². The van der Waals surface area contributed by atoms with Crippen LogP contribution in [0.5, 0.6) is 0 Å². The summed E-state index contributed by atoms with van der Waals surface area (Å²) in [5, 5.41) is 0. The van der Waals surface area contributed by atoms with E-state index in [9.17, 15) is 9.59 Å². The van der Waals surface area contributed by atoms with Crippen LogP contribution in [0.1, 0.15) is 39.9 Å². The SMILES string of the molecule is Cc1cc(C(=O)CCC(=O)N(C)C(C)CN)c(C)s1. The first-order valence-corrected chi connectivity index (χ1v) is 7.24. The average molecular weight is 282 g/mol. The fourth-order valence-electron chi connectivity index (χ4n) is 1.84. The smallest absolute Gasteiger partial charge is 0.223 e. The lowest BCUT2D eigenvalue weighted by atomic mass is 10.1. The molecule has 0 saturated carbocycles. The summed E-state index contributed by atoms with van der Waals surface area (Å²) in [5.41, 5.74) is 6.28. The third-order valence-electron chi connectivity index (χ3n) is 3.30. The normalized spacial score (nSPS) is 12.3. The van der Waals surface area contributed by atoms with Gasteiger partial charge in [0.05, 0.1) is 0 Å². The summed E-state index contributed by atoms with van der Waals surface area (Å²) >= 11 is 1.61. The Labute approximate surface area is 118 Å². The largest absolute Gasteiger partial charge is 0.342 e. The van der Waals surface area contributed by atoms with Gasteiger partial charge in [-0.3, -0.25) is 9.59 Å². The van der Waals surface area contributed by atoms with Crippen molar-refractivity contribution < 1.29 is 9.59 Å². The fraction of sp³-hybridized carbons (Fsp3) is 0.571. The van der Waals surface area contributed by atoms with E-state index in [1.165, 1.54) is 0 Å². The maximum Gasteiger partial charge on any atom is 0.223 e. The molecular formula is C14H22N2O2S. The maximum atomic E-state index is 12.1. The molecule has 0 aliphatic carbocycles. The molecule has 1 rings (SSSR count). The maximum absolute atomic E-state index is 12.1. The number of carbonyl (C=O) groups excluding carboxylic acids is 2. The Bertz CT molecular complexity index is 468. The zero-order valence-corrected chi connectivity index (χ0v) is 12.8. The van der Waals surface area contributed by atoms with E-state index >= 15 is 0 Å². The van der Waals surface area contributed by atoms with E-state index < -0.39 is 0 Å². The lowest BCUT2D eigenvalue weighted by Crippen LogP contribution is -2.39. The molecule has 0 bridgehead atoms. The van der Waals surface area contributed by atoms with Crippen LogP contribution in [0.15, 0.2) is 6.07 Å². The number of Topliss-reactive ketones (excluding diaryl/α,β-unsaturated/α-hetero) is 1. The van der Waals surface area contributed by atoms with E-state index in [4.69, 9.17) is 5.73 Å². The van der Waals surface area contributed by atoms with Gasteiger partial charge < -0.3 is 10.6 Å². The number of hydrogen-bond donors (Lipinski definition) is 1. The zero-order valence-electron chi connectivity index (χ0n) is 12.0. The lowest BCUT2D eigenvalue weighted by Gasteiger charge is -2.23. The Morgan fingerprint density at radius 2 is 2.00 bits per heavy atom. The van der Waals surface area contributed by atoms with Crippen LogP contribution in [0, 0.1) is 13.8 Å². The molecule has 0 saturated heterocycles. The number of thiophene rings is 1. The van der Waals surface area contributed by atoms with Crippen molar-refractivity contribution in [2.45, 2.75) is 39.7 Å². The molecule has 0 radical (unpaired) electrons. The summed E-state index contributed by atoms with van der Waals surface area (Å²) in [6.45, 7) is 6.25. The summed E-state index contributed by atoms with van der Waals surface area (Å²) in [5.74, 6) is 0.0138. The summed E-state index contributed by atoms with van der Waals surface area (Å²) in [6, 6.07) is 1.91. The van der Waals surface area contributed by atoms with Crippen LogP contribution < -0.4 is 5.73 Å². The summed E-state index contributed by atoms with van der Waals surface area (Å²) in [6.07, 6.45) is 0.505. The first-order chi connectivity index (χ1) is 8.86. The molecule has 0 fully saturated rings. The molecule has 5 heteroatoms. The summed E-state index contributed by atoms with van der Waals surface area (Å²) in [7, 11) is 1.73. The first kappa shape index (κ1) is 15.9. The number of nitrogens with zero attached hydrogens (tertiary/aromatic N) is 1. The van der Waals surface area contributed by atoms with Crippen molar-refractivity contribution in [1.29, 1.82) is 0 Å². The monoisotopic (exact) mass is 282 g/mol. The van der Waals surface area contributed by atoms with Crippen LogP contribution in [0.3, 0.4) is 0 Å². The quantitative estimate of drug-likeness (QED) is 0.813. The third kappa shape index (κ3) is 4.14. The van der Waals surface area contributed by atoms with E-state index in [1.54, 1.807) is 23.3 Å². The minimum Gasteiger partial charge on any atom is -0.342 e. The molecule has 1 aromatic heterocycles. The second-order valence-electron chi connectivity index (χ2n) is 4.84. The van der Waals surface area contributed by atoms with Crippen molar-refractivity contribution in [3.05, 3.63) is 21.4 Å². The minimum absolute atomic E-state index is 0.00716. The molecular weight excluding hydrogens is 260 g/mol. The highest BCUT2D eigenvalue weighted by molar-refractivity contribution is 7.12. The van der Waals surface area contributed by atoms with Crippen molar-refractivity contribution in [2.24, 2.45) is 5.73 Å². The number of likely N-dealkylation sites (N-methyl/N-ethyl adjacent to an activating group) is 1. The number of carbonyl (C=O) groups is 2. The molecule has 0 aromatic carbocycles. The molecule has 0 aliphatic heterocycles. The van der Waals surface area contributed by atoms with Crippen LogP contribution >= 0.6 is 11.3 Å². The van der Waals surface area contributed by atoms with Gasteiger partial charge >= 0.3 is 0 Å². The summed E-state index contributed by atoms with van der Waals surface area (Å²) in [4.78, 5) is 27.7. The number of hydrogen-bond acceptors (Lipinski definition) is 4. The average Bonchev–Trinajstić information content (AvgIpc) is 2.72. The molecule has 1 aromatic rings. The summed E-state index contributed by atoms with van der Waals surface area (Å²) < 4.78 is 0. The predicted octanol–water partition coefficient (Wildman–Crippen LogP) is 2.13. The molecule has 2 N–H and O–H groups in total. The Balaban J connectivity index is 2.55. The van der Waals surface area contributed by atoms with E-state index in [0.717, 1.165) is 15.3 Å². The molecule has 0 aliphatic rings. The highest BCUT2D eigenvalue weighted by Crippen LogP contribution is 2.22. The molecule has 1 atom stereocenters. The third-order valence-corrected chi connectivity index (χ3v) is 4.27. The van der Waals surface area contributed by atoms with E-state index in [2.05, 4.69) is 0 Å². The Hall–Kier alpha value is -1.20. The van der Waals surface area contributed by atoms with Crippen molar-refractivity contribution in [1.82, 2.24) is 4.90 Å². The van der Waals surface area contributed by atoms with Crippen LogP contribution in [0.4, 0.5) is 0 Å². The van der Waals surface area contributed by atoms with Gasteiger partial charge in [-0.05, 0) is 26.8 Å². The molecule has 1 unspecified atom stereocenters. The van der Waals surface area contributed by atoms with E-state index in [1.807, 2.05) is 26.8 Å². The molecule has 106 valence electrons. The van der Waals surface area contributed by atoms with Gasteiger partial charge in [-0.1, -0.05) is 0 Å². The van der Waals surface area contributed by atoms with Gasteiger partial charge in [0.15, 0.2) is 5.78 Å². The second-order valence-corrected chi connectivity index (χ2v) is 6.30. The van der Waals surface area contributed by atoms with Crippen molar-refractivity contribution >= 4 is 23.0 Å². The van der Waals surface area contributed by atoms with Crippen LogP contribution in [-0.4, -0.2) is 36.2 Å². The number of amides is 1. The number of nitrogens with two attached hydrogens (primary N) is 1. The predicted molar refractivity (Wildman–Crippen MR) is 78.6 cm³/mol.